The maximum atomic E-state index is 11.5. The van der Waals surface area contributed by atoms with Gasteiger partial charge in [-0.3, -0.25) is 4.79 Å². The van der Waals surface area contributed by atoms with Crippen molar-refractivity contribution in [3.05, 3.63) is 0 Å². The van der Waals surface area contributed by atoms with Crippen LogP contribution in [0.15, 0.2) is 0 Å². The molecule has 0 aliphatic rings. The van der Waals surface area contributed by atoms with Crippen molar-refractivity contribution in [2.75, 3.05) is 20.3 Å². The number of methoxy groups -OCH3 is 1. The van der Waals surface area contributed by atoms with Crippen LogP contribution in [0.3, 0.4) is 0 Å². The SMILES string of the molecule is CCCCCCC(S)C(=O)OCCCCOC. The summed E-state index contributed by atoms with van der Waals surface area (Å²) in [5.74, 6) is -0.178. The number of ether oxygens (including phenoxy) is 2. The van der Waals surface area contributed by atoms with E-state index in [0.29, 0.717) is 6.61 Å². The van der Waals surface area contributed by atoms with Crippen LogP contribution in [-0.4, -0.2) is 31.5 Å². The number of esters is 1. The summed E-state index contributed by atoms with van der Waals surface area (Å²) in [6.07, 6.45) is 7.27. The lowest BCUT2D eigenvalue weighted by molar-refractivity contribution is -0.143. The molecule has 0 aliphatic carbocycles. The molecular formula is C13H26O3S. The lowest BCUT2D eigenvalue weighted by Gasteiger charge is -2.10. The summed E-state index contributed by atoms with van der Waals surface area (Å²) in [4.78, 5) is 11.5. The topological polar surface area (TPSA) is 35.5 Å². The molecule has 0 aromatic heterocycles. The van der Waals surface area contributed by atoms with Gasteiger partial charge in [0.15, 0.2) is 0 Å². The molecule has 0 saturated heterocycles. The first kappa shape index (κ1) is 16.8. The first-order chi connectivity index (χ1) is 8.22. The molecule has 3 nitrogen and oxygen atoms in total. The molecule has 1 unspecified atom stereocenters. The highest BCUT2D eigenvalue weighted by Gasteiger charge is 2.14. The fourth-order valence-corrected chi connectivity index (χ4v) is 1.76. The molecule has 0 fully saturated rings. The Morgan fingerprint density at radius 3 is 2.47 bits per heavy atom. The van der Waals surface area contributed by atoms with Crippen molar-refractivity contribution in [3.63, 3.8) is 0 Å². The van der Waals surface area contributed by atoms with E-state index in [1.165, 1.54) is 19.3 Å². The Morgan fingerprint density at radius 1 is 1.12 bits per heavy atom. The molecule has 0 aromatic rings. The quantitative estimate of drug-likeness (QED) is 0.353. The number of carbonyl (C=O) groups excluding carboxylic acids is 1. The highest BCUT2D eigenvalue weighted by atomic mass is 32.1. The molecule has 0 spiro atoms. The largest absolute Gasteiger partial charge is 0.465 e. The number of hydrogen-bond donors (Lipinski definition) is 1. The van der Waals surface area contributed by atoms with Crippen molar-refractivity contribution in [2.24, 2.45) is 0 Å². The van der Waals surface area contributed by atoms with Crippen molar-refractivity contribution < 1.29 is 14.3 Å². The number of rotatable bonds is 11. The molecule has 0 radical (unpaired) electrons. The minimum absolute atomic E-state index is 0.178. The maximum Gasteiger partial charge on any atom is 0.318 e. The van der Waals surface area contributed by atoms with E-state index in [1.54, 1.807) is 7.11 Å². The van der Waals surface area contributed by atoms with E-state index in [2.05, 4.69) is 19.6 Å². The van der Waals surface area contributed by atoms with Crippen molar-refractivity contribution in [1.29, 1.82) is 0 Å². The minimum Gasteiger partial charge on any atom is -0.465 e. The van der Waals surface area contributed by atoms with Crippen LogP contribution in [0.4, 0.5) is 0 Å². The smallest absolute Gasteiger partial charge is 0.318 e. The van der Waals surface area contributed by atoms with Gasteiger partial charge in [0.2, 0.25) is 0 Å². The molecule has 102 valence electrons. The Labute approximate surface area is 111 Å². The zero-order chi connectivity index (χ0) is 12.9. The van der Waals surface area contributed by atoms with E-state index in [4.69, 9.17) is 9.47 Å². The van der Waals surface area contributed by atoms with Gasteiger partial charge in [0.05, 0.1) is 11.9 Å². The molecule has 0 heterocycles. The summed E-state index contributed by atoms with van der Waals surface area (Å²) in [7, 11) is 1.67. The molecule has 0 saturated carbocycles. The normalized spacial score (nSPS) is 12.4. The first-order valence-corrected chi connectivity index (χ1v) is 7.07. The molecular weight excluding hydrogens is 236 g/mol. The Hall–Kier alpha value is -0.220. The molecule has 0 aliphatic heterocycles. The van der Waals surface area contributed by atoms with Crippen molar-refractivity contribution in [3.8, 4) is 0 Å². The maximum absolute atomic E-state index is 11.5. The monoisotopic (exact) mass is 262 g/mol. The van der Waals surface area contributed by atoms with Gasteiger partial charge in [-0.1, -0.05) is 32.6 Å². The van der Waals surface area contributed by atoms with Crippen LogP contribution in [0, 0.1) is 0 Å². The fraction of sp³-hybridized carbons (Fsp3) is 0.923. The lowest BCUT2D eigenvalue weighted by Crippen LogP contribution is -2.18. The van der Waals surface area contributed by atoms with Gasteiger partial charge in [0.1, 0.15) is 0 Å². The van der Waals surface area contributed by atoms with Gasteiger partial charge >= 0.3 is 5.97 Å². The van der Waals surface area contributed by atoms with Gasteiger partial charge < -0.3 is 9.47 Å². The molecule has 1 atom stereocenters. The van der Waals surface area contributed by atoms with Crippen molar-refractivity contribution in [1.82, 2.24) is 0 Å². The fourth-order valence-electron chi connectivity index (χ4n) is 1.50. The second kappa shape index (κ2) is 12.2. The number of thiol groups is 1. The van der Waals surface area contributed by atoms with Gasteiger partial charge in [-0.2, -0.15) is 12.6 Å². The summed E-state index contributed by atoms with van der Waals surface area (Å²) < 4.78 is 10.1. The van der Waals surface area contributed by atoms with Gasteiger partial charge in [0, 0.05) is 13.7 Å². The summed E-state index contributed by atoms with van der Waals surface area (Å²) in [6.45, 7) is 3.37. The summed E-state index contributed by atoms with van der Waals surface area (Å²) in [5.41, 5.74) is 0. The van der Waals surface area contributed by atoms with Crippen LogP contribution in [-0.2, 0) is 14.3 Å². The highest BCUT2D eigenvalue weighted by molar-refractivity contribution is 7.81. The van der Waals surface area contributed by atoms with Crippen LogP contribution in [0.2, 0.25) is 0 Å². The van der Waals surface area contributed by atoms with Crippen LogP contribution < -0.4 is 0 Å². The predicted molar refractivity (Wildman–Crippen MR) is 73.6 cm³/mol. The zero-order valence-electron chi connectivity index (χ0n) is 11.1. The third kappa shape index (κ3) is 10.6. The summed E-state index contributed by atoms with van der Waals surface area (Å²) in [5, 5.41) is -0.255. The summed E-state index contributed by atoms with van der Waals surface area (Å²) >= 11 is 4.27. The molecule has 4 heteroatoms. The Bertz CT molecular complexity index is 186. The highest BCUT2D eigenvalue weighted by Crippen LogP contribution is 2.11. The van der Waals surface area contributed by atoms with E-state index in [-0.39, 0.29) is 11.2 Å². The van der Waals surface area contributed by atoms with E-state index in [1.807, 2.05) is 0 Å². The standard InChI is InChI=1S/C13H26O3S/c1-3-4-5-6-9-12(17)13(14)16-11-8-7-10-15-2/h12,17H,3-11H2,1-2H3. The Balaban J connectivity index is 3.40. The van der Waals surface area contributed by atoms with E-state index >= 15 is 0 Å². The molecule has 0 rings (SSSR count). The number of carbonyl (C=O) groups is 1. The third-order valence-corrected chi connectivity index (χ3v) is 3.06. The van der Waals surface area contributed by atoms with Crippen LogP contribution in [0.5, 0.6) is 0 Å². The average molecular weight is 262 g/mol. The number of hydrogen-bond acceptors (Lipinski definition) is 4. The first-order valence-electron chi connectivity index (χ1n) is 6.56. The van der Waals surface area contributed by atoms with Crippen LogP contribution >= 0.6 is 12.6 Å². The van der Waals surface area contributed by atoms with Crippen LogP contribution in [0.1, 0.15) is 51.9 Å². The second-order valence-electron chi connectivity index (χ2n) is 4.23. The minimum atomic E-state index is -0.255. The Morgan fingerprint density at radius 2 is 1.82 bits per heavy atom. The third-order valence-electron chi connectivity index (χ3n) is 2.59. The second-order valence-corrected chi connectivity index (χ2v) is 4.86. The van der Waals surface area contributed by atoms with Gasteiger partial charge in [0.25, 0.3) is 0 Å². The lowest BCUT2D eigenvalue weighted by atomic mass is 10.1. The van der Waals surface area contributed by atoms with Crippen molar-refractivity contribution >= 4 is 18.6 Å². The molecule has 0 N–H and O–H groups in total. The molecule has 17 heavy (non-hydrogen) atoms. The number of unbranched alkanes of at least 4 members (excludes halogenated alkanes) is 4. The van der Waals surface area contributed by atoms with Crippen LogP contribution in [0.25, 0.3) is 0 Å². The van der Waals surface area contributed by atoms with Gasteiger partial charge in [-0.25, -0.2) is 0 Å². The Kier molecular flexibility index (Phi) is 12.1. The van der Waals surface area contributed by atoms with E-state index in [0.717, 1.165) is 32.3 Å². The molecule has 0 bridgehead atoms. The van der Waals surface area contributed by atoms with Crippen molar-refractivity contribution in [2.45, 2.75) is 57.1 Å². The van der Waals surface area contributed by atoms with E-state index in [9.17, 15) is 4.79 Å². The summed E-state index contributed by atoms with van der Waals surface area (Å²) in [6, 6.07) is 0. The molecule has 0 amide bonds. The molecule has 0 aromatic carbocycles. The average Bonchev–Trinajstić information content (AvgIpc) is 2.34. The van der Waals surface area contributed by atoms with Gasteiger partial charge in [-0.15, -0.1) is 0 Å². The van der Waals surface area contributed by atoms with Gasteiger partial charge in [-0.05, 0) is 19.3 Å². The van der Waals surface area contributed by atoms with E-state index < -0.39 is 0 Å². The predicted octanol–water partition coefficient (Wildman–Crippen LogP) is 3.23. The zero-order valence-corrected chi connectivity index (χ0v) is 12.0.